The number of carbonyl (C=O) groups is 2. The second-order valence-corrected chi connectivity index (χ2v) is 6.30. The molecule has 2 aromatic heterocycles. The van der Waals surface area contributed by atoms with Crippen molar-refractivity contribution >= 4 is 17.6 Å². The topological polar surface area (TPSA) is 86.1 Å². The standard InChI is InChI=1S/C21H22N4O3/c1-4-28-21(27)18-10-14(2)25(15(18)3)13-19(26)24-17-11-22-20(23-12-17)16-8-6-5-7-9-16/h5-12H,4,13H2,1-3H3,(H,24,26). The molecule has 3 aromatic rings. The van der Waals surface area contributed by atoms with Crippen LogP contribution in [0.1, 0.15) is 28.7 Å². The van der Waals surface area contributed by atoms with Crippen LogP contribution in [0.25, 0.3) is 11.4 Å². The van der Waals surface area contributed by atoms with Gasteiger partial charge in [0.1, 0.15) is 6.54 Å². The average Bonchev–Trinajstić information content (AvgIpc) is 2.98. The number of ether oxygens (including phenoxy) is 1. The van der Waals surface area contributed by atoms with Crippen LogP contribution in [0.4, 0.5) is 5.69 Å². The lowest BCUT2D eigenvalue weighted by molar-refractivity contribution is -0.116. The van der Waals surface area contributed by atoms with Gasteiger partial charge in [-0.05, 0) is 26.8 Å². The minimum atomic E-state index is -0.382. The van der Waals surface area contributed by atoms with Gasteiger partial charge in [-0.1, -0.05) is 30.3 Å². The number of rotatable bonds is 6. The van der Waals surface area contributed by atoms with Gasteiger partial charge in [0.25, 0.3) is 0 Å². The monoisotopic (exact) mass is 378 g/mol. The Morgan fingerprint density at radius 2 is 1.79 bits per heavy atom. The van der Waals surface area contributed by atoms with Crippen molar-refractivity contribution in [2.75, 3.05) is 11.9 Å². The molecule has 0 aliphatic heterocycles. The molecule has 0 saturated heterocycles. The molecule has 0 bridgehead atoms. The van der Waals surface area contributed by atoms with Crippen LogP contribution in [0.5, 0.6) is 0 Å². The average molecular weight is 378 g/mol. The molecule has 1 amide bonds. The van der Waals surface area contributed by atoms with Gasteiger partial charge in [-0.3, -0.25) is 4.79 Å². The number of carbonyl (C=O) groups excluding carboxylic acids is 2. The number of benzene rings is 1. The summed E-state index contributed by atoms with van der Waals surface area (Å²) in [5.41, 5.74) is 3.40. The molecule has 3 rings (SSSR count). The maximum absolute atomic E-state index is 12.4. The molecule has 7 heteroatoms. The number of amides is 1. The van der Waals surface area contributed by atoms with Crippen molar-refractivity contribution < 1.29 is 14.3 Å². The second kappa shape index (κ2) is 8.47. The molecule has 0 unspecified atom stereocenters. The first-order valence-electron chi connectivity index (χ1n) is 9.00. The molecule has 0 aliphatic carbocycles. The lowest BCUT2D eigenvalue weighted by atomic mass is 10.2. The van der Waals surface area contributed by atoms with E-state index >= 15 is 0 Å². The van der Waals surface area contributed by atoms with Gasteiger partial charge >= 0.3 is 5.97 Å². The van der Waals surface area contributed by atoms with Crippen molar-refractivity contribution in [1.29, 1.82) is 0 Å². The van der Waals surface area contributed by atoms with E-state index in [9.17, 15) is 9.59 Å². The number of nitrogens with zero attached hydrogens (tertiary/aromatic N) is 3. The summed E-state index contributed by atoms with van der Waals surface area (Å²) in [4.78, 5) is 33.0. The Kier molecular flexibility index (Phi) is 5.84. The van der Waals surface area contributed by atoms with Gasteiger partial charge in [0, 0.05) is 17.0 Å². The molecule has 0 aliphatic rings. The summed E-state index contributed by atoms with van der Waals surface area (Å²) in [6, 6.07) is 11.3. The van der Waals surface area contributed by atoms with Gasteiger partial charge in [0.15, 0.2) is 5.82 Å². The van der Waals surface area contributed by atoms with Crippen molar-refractivity contribution in [2.45, 2.75) is 27.3 Å². The molecular formula is C21H22N4O3. The van der Waals surface area contributed by atoms with Crippen molar-refractivity contribution in [1.82, 2.24) is 14.5 Å². The summed E-state index contributed by atoms with van der Waals surface area (Å²) < 4.78 is 6.83. The molecule has 2 heterocycles. The van der Waals surface area contributed by atoms with Gasteiger partial charge in [0.05, 0.1) is 30.3 Å². The zero-order chi connectivity index (χ0) is 20.1. The third-order valence-electron chi connectivity index (χ3n) is 4.34. The highest BCUT2D eigenvalue weighted by molar-refractivity contribution is 5.93. The Hall–Kier alpha value is -3.48. The van der Waals surface area contributed by atoms with Crippen LogP contribution in [0.15, 0.2) is 48.8 Å². The zero-order valence-electron chi connectivity index (χ0n) is 16.1. The first-order chi connectivity index (χ1) is 13.5. The molecule has 144 valence electrons. The summed E-state index contributed by atoms with van der Waals surface area (Å²) in [6.07, 6.45) is 3.15. The summed E-state index contributed by atoms with van der Waals surface area (Å²) >= 11 is 0. The molecular weight excluding hydrogens is 356 g/mol. The highest BCUT2D eigenvalue weighted by atomic mass is 16.5. The number of aryl methyl sites for hydroxylation is 1. The third kappa shape index (κ3) is 4.25. The highest BCUT2D eigenvalue weighted by Gasteiger charge is 2.18. The lowest BCUT2D eigenvalue weighted by Crippen LogP contribution is -2.20. The van der Waals surface area contributed by atoms with Crippen LogP contribution in [-0.4, -0.2) is 33.0 Å². The van der Waals surface area contributed by atoms with Crippen LogP contribution in [-0.2, 0) is 16.1 Å². The highest BCUT2D eigenvalue weighted by Crippen LogP contribution is 2.17. The summed E-state index contributed by atoms with van der Waals surface area (Å²) in [5, 5.41) is 2.79. The maximum atomic E-state index is 12.4. The molecule has 0 atom stereocenters. The van der Waals surface area contributed by atoms with Crippen LogP contribution < -0.4 is 5.32 Å². The summed E-state index contributed by atoms with van der Waals surface area (Å²) in [7, 11) is 0. The van der Waals surface area contributed by atoms with Crippen molar-refractivity contribution in [3.8, 4) is 11.4 Å². The van der Waals surface area contributed by atoms with E-state index in [0.717, 1.165) is 11.3 Å². The molecule has 0 spiro atoms. The Morgan fingerprint density at radius 3 is 2.43 bits per heavy atom. The van der Waals surface area contributed by atoms with E-state index in [1.54, 1.807) is 36.9 Å². The Bertz CT molecular complexity index is 979. The maximum Gasteiger partial charge on any atom is 0.339 e. The van der Waals surface area contributed by atoms with Gasteiger partial charge in [-0.15, -0.1) is 0 Å². The summed E-state index contributed by atoms with van der Waals surface area (Å²) in [5.74, 6) is -0.0183. The normalized spacial score (nSPS) is 10.5. The molecule has 7 nitrogen and oxygen atoms in total. The third-order valence-corrected chi connectivity index (χ3v) is 4.34. The molecule has 0 radical (unpaired) electrons. The fourth-order valence-corrected chi connectivity index (χ4v) is 2.93. The first-order valence-corrected chi connectivity index (χ1v) is 9.00. The SMILES string of the molecule is CCOC(=O)c1cc(C)n(CC(=O)Nc2cnc(-c3ccccc3)nc2)c1C. The smallest absolute Gasteiger partial charge is 0.339 e. The lowest BCUT2D eigenvalue weighted by Gasteiger charge is -2.10. The quantitative estimate of drug-likeness (QED) is 0.665. The Labute approximate surface area is 163 Å². The van der Waals surface area contributed by atoms with E-state index in [1.165, 1.54) is 0 Å². The van der Waals surface area contributed by atoms with Crippen molar-refractivity contribution in [3.63, 3.8) is 0 Å². The van der Waals surface area contributed by atoms with E-state index in [0.29, 0.717) is 29.4 Å². The molecule has 0 saturated carbocycles. The van der Waals surface area contributed by atoms with Gasteiger partial charge in [-0.25, -0.2) is 14.8 Å². The second-order valence-electron chi connectivity index (χ2n) is 6.30. The number of esters is 1. The van der Waals surface area contributed by atoms with Crippen LogP contribution in [0.2, 0.25) is 0 Å². The van der Waals surface area contributed by atoms with Gasteiger partial charge in [-0.2, -0.15) is 0 Å². The molecule has 1 aromatic carbocycles. The number of hydrogen-bond donors (Lipinski definition) is 1. The van der Waals surface area contributed by atoms with E-state index in [2.05, 4.69) is 15.3 Å². The number of nitrogens with one attached hydrogen (secondary N) is 1. The zero-order valence-corrected chi connectivity index (χ0v) is 16.1. The summed E-state index contributed by atoms with van der Waals surface area (Å²) in [6.45, 7) is 5.79. The predicted octanol–water partition coefficient (Wildman–Crippen LogP) is 3.38. The van der Waals surface area contributed by atoms with Crippen molar-refractivity contribution in [3.05, 3.63) is 65.7 Å². The molecule has 1 N–H and O–H groups in total. The predicted molar refractivity (Wildman–Crippen MR) is 106 cm³/mol. The Morgan fingerprint density at radius 1 is 1.11 bits per heavy atom. The fourth-order valence-electron chi connectivity index (χ4n) is 2.93. The molecule has 28 heavy (non-hydrogen) atoms. The first kappa shape index (κ1) is 19.3. The fraction of sp³-hybridized carbons (Fsp3) is 0.238. The van der Waals surface area contributed by atoms with E-state index < -0.39 is 0 Å². The number of aromatic nitrogens is 3. The number of anilines is 1. The van der Waals surface area contributed by atoms with Gasteiger partial charge < -0.3 is 14.6 Å². The van der Waals surface area contributed by atoms with Crippen LogP contribution >= 0.6 is 0 Å². The van der Waals surface area contributed by atoms with Crippen molar-refractivity contribution in [2.24, 2.45) is 0 Å². The van der Waals surface area contributed by atoms with E-state index in [-0.39, 0.29) is 18.4 Å². The Balaban J connectivity index is 1.68. The number of hydrogen-bond acceptors (Lipinski definition) is 5. The van der Waals surface area contributed by atoms with Crippen LogP contribution in [0, 0.1) is 13.8 Å². The molecule has 0 fully saturated rings. The minimum absolute atomic E-state index is 0.0809. The largest absolute Gasteiger partial charge is 0.462 e. The van der Waals surface area contributed by atoms with Crippen LogP contribution in [0.3, 0.4) is 0 Å². The van der Waals surface area contributed by atoms with E-state index in [4.69, 9.17) is 4.74 Å². The van der Waals surface area contributed by atoms with E-state index in [1.807, 2.05) is 37.3 Å². The minimum Gasteiger partial charge on any atom is -0.462 e. The van der Waals surface area contributed by atoms with Gasteiger partial charge in [0.2, 0.25) is 5.91 Å².